The average Bonchev–Trinajstić information content (AvgIpc) is 2.90. The van der Waals surface area contributed by atoms with Crippen molar-refractivity contribution in [3.8, 4) is 0 Å². The Hall–Kier alpha value is -2.65. The number of alkyl halides is 3. The third kappa shape index (κ3) is 2.47. The molecule has 0 atom stereocenters. The molecule has 1 N–H and O–H groups in total. The highest BCUT2D eigenvalue weighted by Crippen LogP contribution is 2.34. The third-order valence-electron chi connectivity index (χ3n) is 3.47. The maximum atomic E-state index is 12.9. The Morgan fingerprint density at radius 3 is 2.73 bits per heavy atom. The molecule has 0 bridgehead atoms. The van der Waals surface area contributed by atoms with Crippen LogP contribution in [0.2, 0.25) is 0 Å². The highest BCUT2D eigenvalue weighted by atomic mass is 19.4. The summed E-state index contributed by atoms with van der Waals surface area (Å²) in [6.07, 6.45) is -3.06. The molecular formula is C12H10F3N5O2. The summed E-state index contributed by atoms with van der Waals surface area (Å²) >= 11 is 0. The number of rotatable bonds is 2. The summed E-state index contributed by atoms with van der Waals surface area (Å²) < 4.78 is 38.7. The molecule has 0 aromatic carbocycles. The Labute approximate surface area is 121 Å². The quantitative estimate of drug-likeness (QED) is 0.679. The van der Waals surface area contributed by atoms with Gasteiger partial charge in [-0.05, 0) is 6.07 Å². The molecule has 116 valence electrons. The van der Waals surface area contributed by atoms with Crippen LogP contribution >= 0.6 is 0 Å². The van der Waals surface area contributed by atoms with Crippen LogP contribution in [0, 0.1) is 10.1 Å². The van der Waals surface area contributed by atoms with Crippen LogP contribution in [0.3, 0.4) is 0 Å². The van der Waals surface area contributed by atoms with Crippen LogP contribution in [0.5, 0.6) is 0 Å². The number of nitrogens with zero attached hydrogens (tertiary/aromatic N) is 4. The zero-order valence-corrected chi connectivity index (χ0v) is 11.1. The summed E-state index contributed by atoms with van der Waals surface area (Å²) in [5.74, 6) is 0.394. The fraction of sp³-hybridized carbons (Fsp3) is 0.333. The lowest BCUT2D eigenvalue weighted by atomic mass is 10.1. The zero-order valence-electron chi connectivity index (χ0n) is 11.1. The van der Waals surface area contributed by atoms with E-state index in [1.165, 1.54) is 12.1 Å². The van der Waals surface area contributed by atoms with Crippen molar-refractivity contribution >= 4 is 11.5 Å². The average molecular weight is 313 g/mol. The summed E-state index contributed by atoms with van der Waals surface area (Å²) in [4.78, 5) is 15.6. The predicted octanol–water partition coefficient (Wildman–Crippen LogP) is 2.29. The molecule has 2 aromatic heterocycles. The van der Waals surface area contributed by atoms with Gasteiger partial charge < -0.3 is 4.90 Å². The van der Waals surface area contributed by atoms with Crippen LogP contribution in [0.25, 0.3) is 0 Å². The summed E-state index contributed by atoms with van der Waals surface area (Å²) in [7, 11) is 0. The first-order chi connectivity index (χ1) is 10.4. The molecule has 0 spiro atoms. The minimum Gasteiger partial charge on any atom is -0.352 e. The number of hydrogen-bond acceptors (Lipinski definition) is 5. The summed E-state index contributed by atoms with van der Waals surface area (Å²) in [5.41, 5.74) is -0.528. The number of H-pyrrole nitrogens is 1. The molecule has 0 saturated heterocycles. The second kappa shape index (κ2) is 4.97. The van der Waals surface area contributed by atoms with Crippen molar-refractivity contribution in [3.63, 3.8) is 0 Å². The maximum Gasteiger partial charge on any atom is 0.435 e. The van der Waals surface area contributed by atoms with E-state index in [1.54, 1.807) is 4.90 Å². The second-order valence-electron chi connectivity index (χ2n) is 4.83. The van der Waals surface area contributed by atoms with Gasteiger partial charge in [0, 0.05) is 36.8 Å². The van der Waals surface area contributed by atoms with Gasteiger partial charge in [0.05, 0.1) is 4.92 Å². The molecule has 1 aliphatic rings. The lowest BCUT2D eigenvalue weighted by Gasteiger charge is -2.28. The van der Waals surface area contributed by atoms with Crippen LogP contribution < -0.4 is 4.90 Å². The highest BCUT2D eigenvalue weighted by Gasteiger charge is 2.39. The molecule has 0 amide bonds. The topological polar surface area (TPSA) is 88.0 Å². The van der Waals surface area contributed by atoms with Crippen LogP contribution in [0.15, 0.2) is 18.3 Å². The molecule has 1 aliphatic heterocycles. The van der Waals surface area contributed by atoms with Gasteiger partial charge in [0.25, 0.3) is 5.69 Å². The van der Waals surface area contributed by atoms with E-state index in [0.29, 0.717) is 24.5 Å². The first kappa shape index (κ1) is 14.3. The van der Waals surface area contributed by atoms with E-state index in [1.807, 2.05) is 0 Å². The zero-order chi connectivity index (χ0) is 15.9. The summed E-state index contributed by atoms with van der Waals surface area (Å²) in [5, 5.41) is 16.4. The first-order valence-corrected chi connectivity index (χ1v) is 6.35. The molecule has 3 heterocycles. The molecule has 22 heavy (non-hydrogen) atoms. The van der Waals surface area contributed by atoms with Gasteiger partial charge in [-0.15, -0.1) is 0 Å². The monoisotopic (exact) mass is 313 g/mol. The number of aromatic amines is 1. The van der Waals surface area contributed by atoms with E-state index < -0.39 is 16.8 Å². The number of anilines is 1. The molecule has 10 heteroatoms. The largest absolute Gasteiger partial charge is 0.435 e. The Kier molecular flexibility index (Phi) is 3.23. The van der Waals surface area contributed by atoms with Gasteiger partial charge in [-0.25, -0.2) is 4.98 Å². The number of nitro groups is 1. The fourth-order valence-electron chi connectivity index (χ4n) is 2.40. The van der Waals surface area contributed by atoms with Crippen molar-refractivity contribution in [2.24, 2.45) is 0 Å². The van der Waals surface area contributed by atoms with Crippen molar-refractivity contribution in [1.82, 2.24) is 15.2 Å². The minimum atomic E-state index is -4.52. The third-order valence-corrected chi connectivity index (χ3v) is 3.47. The van der Waals surface area contributed by atoms with Gasteiger partial charge >= 0.3 is 6.18 Å². The van der Waals surface area contributed by atoms with E-state index in [4.69, 9.17) is 0 Å². The highest BCUT2D eigenvalue weighted by molar-refractivity contribution is 5.46. The first-order valence-electron chi connectivity index (χ1n) is 6.35. The number of hydrogen-bond donors (Lipinski definition) is 1. The van der Waals surface area contributed by atoms with Gasteiger partial charge in [0.1, 0.15) is 12.0 Å². The van der Waals surface area contributed by atoms with E-state index in [9.17, 15) is 23.3 Å². The normalized spacial score (nSPS) is 14.8. The van der Waals surface area contributed by atoms with Crippen molar-refractivity contribution in [3.05, 3.63) is 45.4 Å². The van der Waals surface area contributed by atoms with Crippen molar-refractivity contribution < 1.29 is 18.1 Å². The molecule has 2 aromatic rings. The molecular weight excluding hydrogens is 303 g/mol. The van der Waals surface area contributed by atoms with Gasteiger partial charge in [-0.2, -0.15) is 18.3 Å². The molecule has 0 saturated carbocycles. The SMILES string of the molecule is O=[N+]([O-])c1ccc(N2CCc3[nH]nc(C(F)(F)F)c3C2)nc1. The van der Waals surface area contributed by atoms with Crippen molar-refractivity contribution in [2.75, 3.05) is 11.4 Å². The van der Waals surface area contributed by atoms with E-state index >= 15 is 0 Å². The van der Waals surface area contributed by atoms with Gasteiger partial charge in [-0.1, -0.05) is 0 Å². The molecule has 0 unspecified atom stereocenters. The van der Waals surface area contributed by atoms with Gasteiger partial charge in [0.2, 0.25) is 0 Å². The Bertz CT molecular complexity index is 711. The van der Waals surface area contributed by atoms with Gasteiger partial charge in [0.15, 0.2) is 5.69 Å². The van der Waals surface area contributed by atoms with E-state index in [-0.39, 0.29) is 17.8 Å². The minimum absolute atomic E-state index is 0.00544. The Balaban J connectivity index is 1.87. The molecule has 7 nitrogen and oxygen atoms in total. The Morgan fingerprint density at radius 1 is 1.36 bits per heavy atom. The van der Waals surface area contributed by atoms with Crippen LogP contribution in [0.4, 0.5) is 24.7 Å². The lowest BCUT2D eigenvalue weighted by molar-refractivity contribution is -0.385. The number of nitrogens with one attached hydrogen (secondary N) is 1. The number of fused-ring (bicyclic) bond motifs is 1. The molecule has 3 rings (SSSR count). The molecule has 0 radical (unpaired) electrons. The predicted molar refractivity (Wildman–Crippen MR) is 69.2 cm³/mol. The summed E-state index contributed by atoms with van der Waals surface area (Å²) in [6.45, 7) is 0.461. The number of halogens is 3. The molecule has 0 aliphatic carbocycles. The van der Waals surface area contributed by atoms with Crippen LogP contribution in [0.1, 0.15) is 17.0 Å². The van der Waals surface area contributed by atoms with Crippen LogP contribution in [-0.4, -0.2) is 26.6 Å². The van der Waals surface area contributed by atoms with Crippen LogP contribution in [-0.2, 0) is 19.1 Å². The standard InChI is InChI=1S/C12H10F3N5O2/c13-12(14,15)11-8-6-19(4-3-9(8)17-18-11)10-2-1-7(5-16-10)20(21)22/h1-2,5H,3-4,6H2,(H,17,18). The summed E-state index contributed by atoms with van der Waals surface area (Å²) in [6, 6.07) is 2.70. The fourth-order valence-corrected chi connectivity index (χ4v) is 2.40. The lowest BCUT2D eigenvalue weighted by Crippen LogP contribution is -2.31. The van der Waals surface area contributed by atoms with Crippen molar-refractivity contribution in [2.45, 2.75) is 19.1 Å². The second-order valence-corrected chi connectivity index (χ2v) is 4.83. The van der Waals surface area contributed by atoms with E-state index in [2.05, 4.69) is 15.2 Å². The Morgan fingerprint density at radius 2 is 2.14 bits per heavy atom. The van der Waals surface area contributed by atoms with Gasteiger partial charge in [-0.3, -0.25) is 15.2 Å². The van der Waals surface area contributed by atoms with Crippen molar-refractivity contribution in [1.29, 1.82) is 0 Å². The maximum absolute atomic E-state index is 12.9. The van der Waals surface area contributed by atoms with E-state index in [0.717, 1.165) is 6.20 Å². The number of aromatic nitrogens is 3. The smallest absolute Gasteiger partial charge is 0.352 e. The number of pyridine rings is 1. The molecule has 0 fully saturated rings.